The third kappa shape index (κ3) is 2.97. The SMILES string of the molecule is Cc1cc2c(cc1CCN(C)C(=O)CC#N)OCO2. The van der Waals surface area contributed by atoms with Crippen LogP contribution in [0.1, 0.15) is 17.5 Å². The first kappa shape index (κ1) is 13.2. The van der Waals surface area contributed by atoms with E-state index < -0.39 is 0 Å². The Kier molecular flexibility index (Phi) is 3.91. The first-order chi connectivity index (χ1) is 9.11. The molecule has 2 rings (SSSR count). The average Bonchev–Trinajstić information content (AvgIpc) is 2.82. The highest BCUT2D eigenvalue weighted by Crippen LogP contribution is 2.34. The maximum Gasteiger partial charge on any atom is 0.236 e. The van der Waals surface area contributed by atoms with Gasteiger partial charge in [0.25, 0.3) is 0 Å². The van der Waals surface area contributed by atoms with Crippen molar-refractivity contribution in [1.29, 1.82) is 5.26 Å². The number of carbonyl (C=O) groups is 1. The zero-order chi connectivity index (χ0) is 13.8. The van der Waals surface area contributed by atoms with Crippen LogP contribution >= 0.6 is 0 Å². The molecule has 0 fully saturated rings. The van der Waals surface area contributed by atoms with Crippen molar-refractivity contribution in [2.75, 3.05) is 20.4 Å². The highest BCUT2D eigenvalue weighted by atomic mass is 16.7. The maximum absolute atomic E-state index is 11.5. The number of benzene rings is 1. The first-order valence-electron chi connectivity index (χ1n) is 6.12. The van der Waals surface area contributed by atoms with E-state index in [-0.39, 0.29) is 19.1 Å². The predicted octanol–water partition coefficient (Wildman–Crippen LogP) is 1.64. The monoisotopic (exact) mass is 260 g/mol. The molecule has 0 radical (unpaired) electrons. The summed E-state index contributed by atoms with van der Waals surface area (Å²) in [5, 5.41) is 8.49. The number of ether oxygens (including phenoxy) is 2. The van der Waals surface area contributed by atoms with Crippen molar-refractivity contribution in [3.8, 4) is 17.6 Å². The van der Waals surface area contributed by atoms with Crippen molar-refractivity contribution in [1.82, 2.24) is 4.90 Å². The number of nitrogens with zero attached hydrogens (tertiary/aromatic N) is 2. The topological polar surface area (TPSA) is 62.6 Å². The van der Waals surface area contributed by atoms with E-state index in [2.05, 4.69) is 0 Å². The molecular weight excluding hydrogens is 244 g/mol. The highest BCUT2D eigenvalue weighted by molar-refractivity contribution is 5.77. The van der Waals surface area contributed by atoms with E-state index in [4.69, 9.17) is 14.7 Å². The number of fused-ring (bicyclic) bond motifs is 1. The molecule has 0 N–H and O–H groups in total. The van der Waals surface area contributed by atoms with E-state index >= 15 is 0 Å². The molecule has 0 atom stereocenters. The molecule has 1 aliphatic heterocycles. The van der Waals surface area contributed by atoms with Gasteiger partial charge in [0, 0.05) is 13.6 Å². The summed E-state index contributed by atoms with van der Waals surface area (Å²) in [7, 11) is 1.71. The Bertz CT molecular complexity index is 534. The second-order valence-electron chi connectivity index (χ2n) is 4.53. The second kappa shape index (κ2) is 5.61. The Morgan fingerprint density at radius 2 is 2.11 bits per heavy atom. The second-order valence-corrected chi connectivity index (χ2v) is 4.53. The maximum atomic E-state index is 11.5. The summed E-state index contributed by atoms with van der Waals surface area (Å²) in [4.78, 5) is 13.1. The number of nitriles is 1. The molecule has 1 aromatic carbocycles. The lowest BCUT2D eigenvalue weighted by Gasteiger charge is -2.16. The lowest BCUT2D eigenvalue weighted by Crippen LogP contribution is -2.28. The predicted molar refractivity (Wildman–Crippen MR) is 68.9 cm³/mol. The zero-order valence-electron chi connectivity index (χ0n) is 11.1. The van der Waals surface area contributed by atoms with Crippen molar-refractivity contribution < 1.29 is 14.3 Å². The Balaban J connectivity index is 2.00. The summed E-state index contributed by atoms with van der Waals surface area (Å²) in [6.45, 7) is 2.86. The molecule has 0 saturated carbocycles. The number of carbonyl (C=O) groups excluding carboxylic acids is 1. The van der Waals surface area contributed by atoms with E-state index in [0.717, 1.165) is 29.0 Å². The number of hydrogen-bond donors (Lipinski definition) is 0. The summed E-state index contributed by atoms with van der Waals surface area (Å²) in [6, 6.07) is 5.78. The molecule has 1 aromatic rings. The van der Waals surface area contributed by atoms with Gasteiger partial charge in [-0.3, -0.25) is 4.79 Å². The number of rotatable bonds is 4. The molecule has 1 heterocycles. The van der Waals surface area contributed by atoms with E-state index in [0.29, 0.717) is 6.54 Å². The molecule has 1 aliphatic rings. The van der Waals surface area contributed by atoms with Crippen LogP contribution in [-0.2, 0) is 11.2 Å². The van der Waals surface area contributed by atoms with Gasteiger partial charge in [0.15, 0.2) is 11.5 Å². The number of likely N-dealkylation sites (N-methyl/N-ethyl adjacent to an activating group) is 1. The van der Waals surface area contributed by atoms with Gasteiger partial charge >= 0.3 is 0 Å². The quantitative estimate of drug-likeness (QED) is 0.825. The Hall–Kier alpha value is -2.22. The summed E-state index contributed by atoms with van der Waals surface area (Å²) >= 11 is 0. The summed E-state index contributed by atoms with van der Waals surface area (Å²) < 4.78 is 10.6. The van der Waals surface area contributed by atoms with Gasteiger partial charge in [-0.2, -0.15) is 5.26 Å². The lowest BCUT2D eigenvalue weighted by atomic mass is 10.0. The van der Waals surface area contributed by atoms with Crippen molar-refractivity contribution in [3.63, 3.8) is 0 Å². The van der Waals surface area contributed by atoms with Crippen LogP contribution in [-0.4, -0.2) is 31.2 Å². The minimum atomic E-state index is -0.152. The van der Waals surface area contributed by atoms with Crippen LogP contribution in [0.3, 0.4) is 0 Å². The van der Waals surface area contributed by atoms with Crippen molar-refractivity contribution in [2.45, 2.75) is 19.8 Å². The summed E-state index contributed by atoms with van der Waals surface area (Å²) in [5.41, 5.74) is 2.24. The minimum Gasteiger partial charge on any atom is -0.454 e. The fourth-order valence-corrected chi connectivity index (χ4v) is 1.97. The van der Waals surface area contributed by atoms with Crippen molar-refractivity contribution in [2.24, 2.45) is 0 Å². The highest BCUT2D eigenvalue weighted by Gasteiger charge is 2.16. The van der Waals surface area contributed by atoms with Crippen LogP contribution in [0.5, 0.6) is 11.5 Å². The summed E-state index contributed by atoms with van der Waals surface area (Å²) in [6.07, 6.45) is 0.659. The molecule has 19 heavy (non-hydrogen) atoms. The van der Waals surface area contributed by atoms with Crippen LogP contribution in [0.15, 0.2) is 12.1 Å². The van der Waals surface area contributed by atoms with Gasteiger partial charge in [0.05, 0.1) is 6.07 Å². The Morgan fingerprint density at radius 1 is 1.42 bits per heavy atom. The van der Waals surface area contributed by atoms with E-state index in [1.54, 1.807) is 11.9 Å². The van der Waals surface area contributed by atoms with Crippen LogP contribution < -0.4 is 9.47 Å². The first-order valence-corrected chi connectivity index (χ1v) is 6.12. The largest absolute Gasteiger partial charge is 0.454 e. The van der Waals surface area contributed by atoms with Gasteiger partial charge in [-0.1, -0.05) is 0 Å². The van der Waals surface area contributed by atoms with Crippen LogP contribution in [0.2, 0.25) is 0 Å². The number of amides is 1. The van der Waals surface area contributed by atoms with Gasteiger partial charge in [0.1, 0.15) is 6.42 Å². The fourth-order valence-electron chi connectivity index (χ4n) is 1.97. The summed E-state index contributed by atoms with van der Waals surface area (Å²) in [5.74, 6) is 1.38. The molecular formula is C14H16N2O3. The van der Waals surface area contributed by atoms with Gasteiger partial charge < -0.3 is 14.4 Å². The van der Waals surface area contributed by atoms with Gasteiger partial charge in [-0.25, -0.2) is 0 Å². The van der Waals surface area contributed by atoms with Crippen LogP contribution in [0.4, 0.5) is 0 Å². The molecule has 0 aliphatic carbocycles. The van der Waals surface area contributed by atoms with Gasteiger partial charge in [-0.05, 0) is 36.6 Å². The molecule has 0 aromatic heterocycles. The third-order valence-electron chi connectivity index (χ3n) is 3.20. The number of aryl methyl sites for hydroxylation is 1. The van der Waals surface area contributed by atoms with Crippen molar-refractivity contribution >= 4 is 5.91 Å². The van der Waals surface area contributed by atoms with E-state index in [9.17, 15) is 4.79 Å². The van der Waals surface area contributed by atoms with Crippen LogP contribution in [0, 0.1) is 18.3 Å². The van der Waals surface area contributed by atoms with Gasteiger partial charge in [0.2, 0.25) is 12.7 Å². The fraction of sp³-hybridized carbons (Fsp3) is 0.429. The molecule has 0 spiro atoms. The molecule has 0 saturated heterocycles. The third-order valence-corrected chi connectivity index (χ3v) is 3.20. The normalized spacial score (nSPS) is 12.1. The molecule has 5 nitrogen and oxygen atoms in total. The zero-order valence-corrected chi connectivity index (χ0v) is 11.1. The molecule has 100 valence electrons. The molecule has 0 unspecified atom stereocenters. The molecule has 5 heteroatoms. The average molecular weight is 260 g/mol. The van der Waals surface area contributed by atoms with E-state index in [1.807, 2.05) is 25.1 Å². The Morgan fingerprint density at radius 3 is 2.79 bits per heavy atom. The smallest absolute Gasteiger partial charge is 0.236 e. The van der Waals surface area contributed by atoms with Crippen molar-refractivity contribution in [3.05, 3.63) is 23.3 Å². The molecule has 0 bridgehead atoms. The van der Waals surface area contributed by atoms with E-state index in [1.165, 1.54) is 0 Å². The Labute approximate surface area is 112 Å². The number of hydrogen-bond acceptors (Lipinski definition) is 4. The minimum absolute atomic E-state index is 0.0728. The van der Waals surface area contributed by atoms with Gasteiger partial charge in [-0.15, -0.1) is 0 Å². The standard InChI is InChI=1S/C14H16N2O3/c1-10-7-12-13(19-9-18-12)8-11(10)4-6-16(2)14(17)3-5-15/h7-8H,3-4,6,9H2,1-2H3. The lowest BCUT2D eigenvalue weighted by molar-refractivity contribution is -0.128. The molecule has 1 amide bonds. The van der Waals surface area contributed by atoms with Crippen LogP contribution in [0.25, 0.3) is 0 Å².